The fraction of sp³-hybridized carbons (Fsp3) is 0.222. The van der Waals surface area contributed by atoms with Crippen molar-refractivity contribution in [2.45, 2.75) is 18.7 Å². The lowest BCUT2D eigenvalue weighted by Gasteiger charge is -2.13. The van der Waals surface area contributed by atoms with Gasteiger partial charge in [0.15, 0.2) is 0 Å². The lowest BCUT2D eigenvalue weighted by molar-refractivity contribution is -0.137. The zero-order chi connectivity index (χ0) is 20.0. The van der Waals surface area contributed by atoms with Gasteiger partial charge >= 0.3 is 6.18 Å². The number of halogens is 4. The van der Waals surface area contributed by atoms with Crippen molar-refractivity contribution in [2.75, 3.05) is 5.88 Å². The Bertz CT molecular complexity index is 810. The molecule has 2 aromatic rings. The van der Waals surface area contributed by atoms with Gasteiger partial charge in [-0.15, -0.1) is 11.6 Å². The molecule has 0 bridgehead atoms. The Morgan fingerprint density at radius 3 is 2.26 bits per heavy atom. The van der Waals surface area contributed by atoms with E-state index in [0.29, 0.717) is 11.1 Å². The first-order valence-corrected chi connectivity index (χ1v) is 8.34. The highest BCUT2D eigenvalue weighted by molar-refractivity contribution is 6.19. The zero-order valence-electron chi connectivity index (χ0n) is 13.9. The molecule has 1 unspecified atom stereocenters. The van der Waals surface area contributed by atoms with Crippen LogP contribution in [0.1, 0.15) is 27.0 Å². The second kappa shape index (κ2) is 8.88. The van der Waals surface area contributed by atoms with Crippen molar-refractivity contribution in [3.8, 4) is 0 Å². The van der Waals surface area contributed by atoms with E-state index in [1.807, 2.05) is 5.43 Å². The normalized spacial score (nSPS) is 12.3. The minimum Gasteiger partial charge on any atom is -0.382 e. The Kier molecular flexibility index (Phi) is 6.81. The first-order chi connectivity index (χ1) is 12.7. The number of hydrogen-bond donors (Lipinski definition) is 3. The predicted octanol–water partition coefficient (Wildman–Crippen LogP) is 2.66. The Hall–Kier alpha value is -2.58. The van der Waals surface area contributed by atoms with Crippen molar-refractivity contribution < 1.29 is 27.9 Å². The van der Waals surface area contributed by atoms with Crippen LogP contribution in [0.5, 0.6) is 0 Å². The largest absolute Gasteiger partial charge is 0.416 e. The van der Waals surface area contributed by atoms with E-state index in [9.17, 15) is 27.9 Å². The summed E-state index contributed by atoms with van der Waals surface area (Å²) in [5.74, 6) is -1.82. The standard InChI is InChI=1S/C18H16ClF3N2O3/c19-10-15(25)17(27)24-23-16(26)14-4-2-1-3-12(14)9-11-5-7-13(8-6-11)18(20,21)22/h1-8,15,25H,9-10H2,(H,23,26)(H,24,27). The van der Waals surface area contributed by atoms with E-state index >= 15 is 0 Å². The molecule has 0 saturated heterocycles. The van der Waals surface area contributed by atoms with Crippen LogP contribution in [-0.2, 0) is 17.4 Å². The molecule has 5 nitrogen and oxygen atoms in total. The van der Waals surface area contributed by atoms with Gasteiger partial charge < -0.3 is 5.11 Å². The van der Waals surface area contributed by atoms with Gasteiger partial charge in [-0.3, -0.25) is 20.4 Å². The second-order valence-corrected chi connectivity index (χ2v) is 5.95. The molecule has 0 fully saturated rings. The number of aliphatic hydroxyl groups excluding tert-OH is 1. The lowest BCUT2D eigenvalue weighted by Crippen LogP contribution is -2.47. The molecule has 2 rings (SSSR count). The second-order valence-electron chi connectivity index (χ2n) is 5.64. The van der Waals surface area contributed by atoms with Gasteiger partial charge in [0.1, 0.15) is 6.10 Å². The molecule has 0 spiro atoms. The van der Waals surface area contributed by atoms with Crippen molar-refractivity contribution in [3.05, 3.63) is 70.8 Å². The van der Waals surface area contributed by atoms with Crippen LogP contribution >= 0.6 is 11.6 Å². The quantitative estimate of drug-likeness (QED) is 0.533. The maximum atomic E-state index is 12.6. The third-order valence-corrected chi connectivity index (χ3v) is 3.98. The molecule has 2 aromatic carbocycles. The van der Waals surface area contributed by atoms with Crippen LogP contribution in [0.25, 0.3) is 0 Å². The van der Waals surface area contributed by atoms with Gasteiger partial charge in [-0.25, -0.2) is 0 Å². The summed E-state index contributed by atoms with van der Waals surface area (Å²) in [6.07, 6.45) is -5.66. The van der Waals surface area contributed by atoms with Gasteiger partial charge in [-0.05, 0) is 35.7 Å². The van der Waals surface area contributed by atoms with Crippen LogP contribution in [0.2, 0.25) is 0 Å². The molecule has 0 aliphatic carbocycles. The summed E-state index contributed by atoms with van der Waals surface area (Å²) in [6.45, 7) is 0. The van der Waals surface area contributed by atoms with Crippen LogP contribution in [0.15, 0.2) is 48.5 Å². The Labute approximate surface area is 158 Å². The fourth-order valence-electron chi connectivity index (χ4n) is 2.27. The van der Waals surface area contributed by atoms with Crippen molar-refractivity contribution in [2.24, 2.45) is 0 Å². The van der Waals surface area contributed by atoms with Crippen LogP contribution in [0.3, 0.4) is 0 Å². The monoisotopic (exact) mass is 400 g/mol. The van der Waals surface area contributed by atoms with Crippen molar-refractivity contribution in [1.29, 1.82) is 0 Å². The number of carbonyl (C=O) groups is 2. The van der Waals surface area contributed by atoms with Gasteiger partial charge in [0.25, 0.3) is 11.8 Å². The molecule has 0 radical (unpaired) electrons. The smallest absolute Gasteiger partial charge is 0.382 e. The topological polar surface area (TPSA) is 78.4 Å². The first kappa shape index (κ1) is 20.7. The Balaban J connectivity index is 2.11. The van der Waals surface area contributed by atoms with Gasteiger partial charge in [0.05, 0.1) is 11.4 Å². The maximum Gasteiger partial charge on any atom is 0.416 e. The van der Waals surface area contributed by atoms with Gasteiger partial charge in [-0.1, -0.05) is 30.3 Å². The highest BCUT2D eigenvalue weighted by Crippen LogP contribution is 2.29. The predicted molar refractivity (Wildman–Crippen MR) is 93.0 cm³/mol. The lowest BCUT2D eigenvalue weighted by atomic mass is 9.98. The van der Waals surface area contributed by atoms with Gasteiger partial charge in [0, 0.05) is 5.56 Å². The van der Waals surface area contributed by atoms with Crippen molar-refractivity contribution in [3.63, 3.8) is 0 Å². The summed E-state index contributed by atoms with van der Waals surface area (Å²) < 4.78 is 37.9. The number of rotatable bonds is 5. The molecular weight excluding hydrogens is 385 g/mol. The number of carbonyl (C=O) groups excluding carboxylic acids is 2. The maximum absolute atomic E-state index is 12.6. The SMILES string of the molecule is O=C(NNC(=O)C(O)CCl)c1ccccc1Cc1ccc(C(F)(F)F)cc1. The summed E-state index contributed by atoms with van der Waals surface area (Å²) in [7, 11) is 0. The number of aliphatic hydroxyl groups is 1. The van der Waals surface area contributed by atoms with Crippen molar-refractivity contribution in [1.82, 2.24) is 10.9 Å². The summed E-state index contributed by atoms with van der Waals surface area (Å²) in [5.41, 5.74) is 4.84. The third kappa shape index (κ3) is 5.70. The van der Waals surface area contributed by atoms with E-state index in [4.69, 9.17) is 11.6 Å². The number of amides is 2. The van der Waals surface area contributed by atoms with Crippen LogP contribution < -0.4 is 10.9 Å². The van der Waals surface area contributed by atoms with Gasteiger partial charge in [0.2, 0.25) is 0 Å². The molecule has 9 heteroatoms. The van der Waals surface area contributed by atoms with Crippen LogP contribution in [-0.4, -0.2) is 28.9 Å². The average molecular weight is 401 g/mol. The van der Waals surface area contributed by atoms with E-state index in [2.05, 4.69) is 5.43 Å². The number of hydrogen-bond acceptors (Lipinski definition) is 3. The fourth-order valence-corrected chi connectivity index (χ4v) is 2.41. The molecule has 3 N–H and O–H groups in total. The zero-order valence-corrected chi connectivity index (χ0v) is 14.6. The van der Waals surface area contributed by atoms with E-state index in [-0.39, 0.29) is 17.9 Å². The Morgan fingerprint density at radius 2 is 1.67 bits per heavy atom. The number of benzene rings is 2. The molecular formula is C18H16ClF3N2O3. The molecule has 0 heterocycles. The highest BCUT2D eigenvalue weighted by atomic mass is 35.5. The molecule has 2 amide bonds. The summed E-state index contributed by atoms with van der Waals surface area (Å²) in [6, 6.07) is 11.1. The van der Waals surface area contributed by atoms with Crippen LogP contribution in [0, 0.1) is 0 Å². The molecule has 0 aromatic heterocycles. The van der Waals surface area contributed by atoms with E-state index in [1.165, 1.54) is 18.2 Å². The molecule has 144 valence electrons. The summed E-state index contributed by atoms with van der Waals surface area (Å²) >= 11 is 5.34. The molecule has 1 atom stereocenters. The molecule has 0 aliphatic rings. The van der Waals surface area contributed by atoms with E-state index in [1.54, 1.807) is 18.2 Å². The van der Waals surface area contributed by atoms with Crippen molar-refractivity contribution >= 4 is 23.4 Å². The molecule has 0 aliphatic heterocycles. The Morgan fingerprint density at radius 1 is 1.04 bits per heavy atom. The van der Waals surface area contributed by atoms with E-state index in [0.717, 1.165) is 12.1 Å². The number of alkyl halides is 4. The minimum atomic E-state index is -4.41. The molecule has 0 saturated carbocycles. The first-order valence-electron chi connectivity index (χ1n) is 7.80. The van der Waals surface area contributed by atoms with Gasteiger partial charge in [-0.2, -0.15) is 13.2 Å². The number of nitrogens with one attached hydrogen (secondary N) is 2. The molecule has 27 heavy (non-hydrogen) atoms. The number of hydrazine groups is 1. The van der Waals surface area contributed by atoms with E-state index < -0.39 is 29.7 Å². The average Bonchev–Trinajstić information content (AvgIpc) is 2.65. The summed E-state index contributed by atoms with van der Waals surface area (Å²) in [5, 5.41) is 9.26. The summed E-state index contributed by atoms with van der Waals surface area (Å²) in [4.78, 5) is 23.7. The third-order valence-electron chi connectivity index (χ3n) is 3.69. The minimum absolute atomic E-state index is 0.222. The highest BCUT2D eigenvalue weighted by Gasteiger charge is 2.29. The van der Waals surface area contributed by atoms with Crippen LogP contribution in [0.4, 0.5) is 13.2 Å².